The average Bonchev–Trinajstić information content (AvgIpc) is 3.08. The highest BCUT2D eigenvalue weighted by Crippen LogP contribution is 2.36. The van der Waals surface area contributed by atoms with E-state index in [0.717, 1.165) is 81.2 Å². The van der Waals surface area contributed by atoms with E-state index in [1.165, 1.54) is 15.8 Å². The highest BCUT2D eigenvalue weighted by atomic mass is 32.1. The van der Waals surface area contributed by atoms with E-state index in [0.29, 0.717) is 5.75 Å². The molecule has 0 aliphatic carbocycles. The third kappa shape index (κ3) is 4.20. The molecule has 0 bridgehead atoms. The number of morpholine rings is 1. The number of hydrogen-bond acceptors (Lipinski definition) is 8. The van der Waals surface area contributed by atoms with E-state index in [-0.39, 0.29) is 0 Å². The van der Waals surface area contributed by atoms with Crippen molar-refractivity contribution in [3.8, 4) is 5.75 Å². The van der Waals surface area contributed by atoms with Crippen LogP contribution in [0.4, 0.5) is 11.5 Å². The van der Waals surface area contributed by atoms with Crippen molar-refractivity contribution >= 4 is 33.1 Å². The summed E-state index contributed by atoms with van der Waals surface area (Å²) < 4.78 is 5.49. The van der Waals surface area contributed by atoms with Crippen molar-refractivity contribution in [3.05, 3.63) is 40.5 Å². The lowest BCUT2D eigenvalue weighted by atomic mass is 10.2. The van der Waals surface area contributed by atoms with E-state index in [2.05, 4.69) is 28.5 Å². The molecule has 1 aromatic carbocycles. The van der Waals surface area contributed by atoms with Crippen molar-refractivity contribution in [1.82, 2.24) is 14.9 Å². The first-order valence-electron chi connectivity index (χ1n) is 10.9. The van der Waals surface area contributed by atoms with Gasteiger partial charge in [0, 0.05) is 49.8 Å². The van der Waals surface area contributed by atoms with Crippen molar-refractivity contribution in [2.24, 2.45) is 0 Å². The van der Waals surface area contributed by atoms with Crippen molar-refractivity contribution < 1.29 is 9.84 Å². The van der Waals surface area contributed by atoms with Gasteiger partial charge in [0.1, 0.15) is 22.2 Å². The largest absolute Gasteiger partial charge is 0.508 e. The number of phenolic OH excluding ortho intramolecular Hbond substituents is 1. The monoisotopic (exact) mass is 439 g/mol. The fraction of sp³-hybridized carbons (Fsp3) is 0.478. The molecule has 0 radical (unpaired) electrons. The zero-order chi connectivity index (χ0) is 21.4. The predicted molar refractivity (Wildman–Crippen MR) is 126 cm³/mol. The van der Waals surface area contributed by atoms with Crippen LogP contribution in [0.25, 0.3) is 10.2 Å². The number of fused-ring (bicyclic) bond motifs is 1. The summed E-state index contributed by atoms with van der Waals surface area (Å²) in [5.74, 6) is 2.30. The van der Waals surface area contributed by atoms with Gasteiger partial charge in [0.15, 0.2) is 0 Å². The molecule has 0 amide bonds. The van der Waals surface area contributed by atoms with Crippen molar-refractivity contribution in [2.75, 3.05) is 62.3 Å². The Morgan fingerprint density at radius 2 is 1.61 bits per heavy atom. The Hall–Kier alpha value is -2.42. The maximum absolute atomic E-state index is 9.57. The zero-order valence-electron chi connectivity index (χ0n) is 18.2. The van der Waals surface area contributed by atoms with Crippen LogP contribution < -0.4 is 9.80 Å². The molecule has 0 unspecified atom stereocenters. The summed E-state index contributed by atoms with van der Waals surface area (Å²) in [5, 5.41) is 10.8. The number of ether oxygens (including phenoxy) is 1. The summed E-state index contributed by atoms with van der Waals surface area (Å²) in [5.41, 5.74) is 2.45. The normalized spacial score (nSPS) is 18.1. The van der Waals surface area contributed by atoms with Crippen LogP contribution in [0.5, 0.6) is 5.75 Å². The molecule has 3 aromatic rings. The SMILES string of the molecule is Cc1sc2nc(CN3CCOCC3)nc(N3CCN(c4ccc(O)cc4)CC3)c2c1C. The number of piperazine rings is 1. The summed E-state index contributed by atoms with van der Waals surface area (Å²) in [6.45, 7) is 12.3. The molecule has 2 aromatic heterocycles. The van der Waals surface area contributed by atoms with Gasteiger partial charge in [0.2, 0.25) is 0 Å². The molecule has 8 heteroatoms. The van der Waals surface area contributed by atoms with Gasteiger partial charge in [-0.1, -0.05) is 0 Å². The summed E-state index contributed by atoms with van der Waals surface area (Å²) >= 11 is 1.78. The van der Waals surface area contributed by atoms with Crippen LogP contribution in [-0.2, 0) is 11.3 Å². The number of benzene rings is 1. The molecule has 164 valence electrons. The molecule has 5 rings (SSSR count). The summed E-state index contributed by atoms with van der Waals surface area (Å²) in [7, 11) is 0. The standard InChI is InChI=1S/C23H29N5O2S/c1-16-17(2)31-23-21(16)22(24-20(25-23)15-26-11-13-30-14-12-26)28-9-7-27(8-10-28)18-3-5-19(29)6-4-18/h3-6,29H,7-15H2,1-2H3. The molecule has 0 saturated carbocycles. The van der Waals surface area contributed by atoms with Crippen LogP contribution in [0.15, 0.2) is 24.3 Å². The Kier molecular flexibility index (Phi) is 5.69. The Morgan fingerprint density at radius 1 is 0.935 bits per heavy atom. The van der Waals surface area contributed by atoms with Crippen LogP contribution in [0.2, 0.25) is 0 Å². The van der Waals surface area contributed by atoms with Crippen LogP contribution >= 0.6 is 11.3 Å². The lowest BCUT2D eigenvalue weighted by Crippen LogP contribution is -2.47. The summed E-state index contributed by atoms with van der Waals surface area (Å²) in [6, 6.07) is 7.48. The predicted octanol–water partition coefficient (Wildman–Crippen LogP) is 3.17. The molecule has 1 N–H and O–H groups in total. The van der Waals surface area contributed by atoms with Gasteiger partial charge in [0.05, 0.1) is 25.1 Å². The minimum absolute atomic E-state index is 0.307. The van der Waals surface area contributed by atoms with Gasteiger partial charge in [-0.05, 0) is 43.7 Å². The molecular formula is C23H29N5O2S. The fourth-order valence-electron chi connectivity index (χ4n) is 4.37. The Bertz CT molecular complexity index is 1050. The molecule has 2 fully saturated rings. The Labute approximate surface area is 186 Å². The van der Waals surface area contributed by atoms with Crippen molar-refractivity contribution in [1.29, 1.82) is 0 Å². The van der Waals surface area contributed by atoms with Gasteiger partial charge in [-0.2, -0.15) is 0 Å². The van der Waals surface area contributed by atoms with Gasteiger partial charge >= 0.3 is 0 Å². The summed E-state index contributed by atoms with van der Waals surface area (Å²) in [6.07, 6.45) is 0. The highest BCUT2D eigenvalue weighted by Gasteiger charge is 2.24. The number of anilines is 2. The number of thiophene rings is 1. The summed E-state index contributed by atoms with van der Waals surface area (Å²) in [4.78, 5) is 19.6. The Balaban J connectivity index is 1.40. The second-order valence-electron chi connectivity index (χ2n) is 8.31. The number of rotatable bonds is 4. The van der Waals surface area contributed by atoms with Crippen LogP contribution in [-0.4, -0.2) is 72.5 Å². The van der Waals surface area contributed by atoms with Crippen LogP contribution in [0.1, 0.15) is 16.3 Å². The molecule has 0 atom stereocenters. The lowest BCUT2D eigenvalue weighted by molar-refractivity contribution is 0.0331. The van der Waals surface area contributed by atoms with Gasteiger partial charge in [-0.15, -0.1) is 11.3 Å². The number of aryl methyl sites for hydroxylation is 2. The van der Waals surface area contributed by atoms with Gasteiger partial charge in [-0.25, -0.2) is 9.97 Å². The first-order valence-corrected chi connectivity index (χ1v) is 11.8. The van der Waals surface area contributed by atoms with Gasteiger partial charge < -0.3 is 19.6 Å². The molecule has 4 heterocycles. The second-order valence-corrected chi connectivity index (χ2v) is 9.51. The number of nitrogens with zero attached hydrogens (tertiary/aromatic N) is 5. The van der Waals surface area contributed by atoms with E-state index < -0.39 is 0 Å². The van der Waals surface area contributed by atoms with E-state index in [1.807, 2.05) is 12.1 Å². The van der Waals surface area contributed by atoms with Crippen molar-refractivity contribution in [2.45, 2.75) is 20.4 Å². The number of aromatic hydroxyl groups is 1. The minimum Gasteiger partial charge on any atom is -0.508 e. The molecule has 7 nitrogen and oxygen atoms in total. The quantitative estimate of drug-likeness (QED) is 0.670. The minimum atomic E-state index is 0.307. The average molecular weight is 440 g/mol. The van der Waals surface area contributed by atoms with Gasteiger partial charge in [-0.3, -0.25) is 4.90 Å². The maximum atomic E-state index is 9.57. The van der Waals surface area contributed by atoms with E-state index >= 15 is 0 Å². The topological polar surface area (TPSA) is 65.0 Å². The molecule has 2 aliphatic rings. The highest BCUT2D eigenvalue weighted by molar-refractivity contribution is 7.18. The molecule has 2 aliphatic heterocycles. The molecule has 31 heavy (non-hydrogen) atoms. The number of aromatic nitrogens is 2. The van der Waals surface area contributed by atoms with Crippen LogP contribution in [0.3, 0.4) is 0 Å². The molecule has 2 saturated heterocycles. The molecule has 0 spiro atoms. The number of hydrogen-bond donors (Lipinski definition) is 1. The fourth-order valence-corrected chi connectivity index (χ4v) is 5.41. The second kappa shape index (κ2) is 8.61. The third-order valence-corrected chi connectivity index (χ3v) is 7.42. The maximum Gasteiger partial charge on any atom is 0.146 e. The zero-order valence-corrected chi connectivity index (χ0v) is 19.0. The van der Waals surface area contributed by atoms with Crippen LogP contribution in [0, 0.1) is 13.8 Å². The smallest absolute Gasteiger partial charge is 0.146 e. The van der Waals surface area contributed by atoms with E-state index in [4.69, 9.17) is 14.7 Å². The lowest BCUT2D eigenvalue weighted by Gasteiger charge is -2.37. The Morgan fingerprint density at radius 3 is 2.32 bits per heavy atom. The first kappa shape index (κ1) is 20.5. The van der Waals surface area contributed by atoms with Gasteiger partial charge in [0.25, 0.3) is 0 Å². The first-order chi connectivity index (χ1) is 15.1. The van der Waals surface area contributed by atoms with E-state index in [9.17, 15) is 5.11 Å². The third-order valence-electron chi connectivity index (χ3n) is 6.32. The molecular weight excluding hydrogens is 410 g/mol. The van der Waals surface area contributed by atoms with E-state index in [1.54, 1.807) is 23.5 Å². The van der Waals surface area contributed by atoms with Crippen molar-refractivity contribution in [3.63, 3.8) is 0 Å². The number of phenols is 1.